The summed E-state index contributed by atoms with van der Waals surface area (Å²) in [7, 11) is 0. The molecule has 0 saturated carbocycles. The summed E-state index contributed by atoms with van der Waals surface area (Å²) in [5.74, 6) is 1.99. The van der Waals surface area contributed by atoms with Gasteiger partial charge in [0, 0.05) is 33.2 Å². The van der Waals surface area contributed by atoms with E-state index in [0.29, 0.717) is 17.5 Å². The number of benzene rings is 6. The number of hydrogen-bond donors (Lipinski definition) is 0. The van der Waals surface area contributed by atoms with E-state index in [4.69, 9.17) is 15.0 Å². The lowest BCUT2D eigenvalue weighted by atomic mass is 9.63. The number of hydrogen-bond acceptors (Lipinski definition) is 3. The van der Waals surface area contributed by atoms with Gasteiger partial charge in [0.1, 0.15) is 0 Å². The smallest absolute Gasteiger partial charge is 0.164 e. The zero-order chi connectivity index (χ0) is 33.3. The van der Waals surface area contributed by atoms with Gasteiger partial charge in [-0.05, 0) is 88.0 Å². The van der Waals surface area contributed by atoms with Crippen LogP contribution in [0.3, 0.4) is 0 Å². The SMILES string of the molecule is CC1(C)CCC(C)(C)c2cc3c(cc21)c1c2ccccc2ccc1n3-c1ccc(-c2nc(-c3ccccc3)nc(-c3ccccc3)n2)cc1. The van der Waals surface area contributed by atoms with Crippen LogP contribution < -0.4 is 0 Å². The molecule has 0 unspecified atom stereocenters. The van der Waals surface area contributed by atoms with Gasteiger partial charge in [0.05, 0.1) is 11.0 Å². The van der Waals surface area contributed by atoms with Crippen LogP contribution in [0.5, 0.6) is 0 Å². The Morgan fingerprint density at radius 1 is 0.469 bits per heavy atom. The number of rotatable bonds is 4. The van der Waals surface area contributed by atoms with E-state index in [0.717, 1.165) is 22.4 Å². The van der Waals surface area contributed by atoms with Crippen LogP contribution in [-0.4, -0.2) is 19.5 Å². The van der Waals surface area contributed by atoms with Gasteiger partial charge in [-0.15, -0.1) is 0 Å². The molecule has 0 bridgehead atoms. The van der Waals surface area contributed by atoms with Crippen LogP contribution in [0.1, 0.15) is 51.7 Å². The Bertz CT molecular complexity index is 2470. The van der Waals surface area contributed by atoms with Gasteiger partial charge in [-0.3, -0.25) is 0 Å². The van der Waals surface area contributed by atoms with E-state index >= 15 is 0 Å². The van der Waals surface area contributed by atoms with Crippen LogP contribution in [0.25, 0.3) is 72.4 Å². The second-order valence-electron chi connectivity index (χ2n) is 14.8. The average Bonchev–Trinajstić information content (AvgIpc) is 3.48. The van der Waals surface area contributed by atoms with Crippen molar-refractivity contribution in [3.63, 3.8) is 0 Å². The molecule has 9 rings (SSSR count). The van der Waals surface area contributed by atoms with Crippen molar-refractivity contribution in [2.75, 3.05) is 0 Å². The molecule has 0 N–H and O–H groups in total. The highest BCUT2D eigenvalue weighted by molar-refractivity contribution is 6.21. The van der Waals surface area contributed by atoms with Crippen molar-refractivity contribution in [2.24, 2.45) is 0 Å². The lowest BCUT2D eigenvalue weighted by molar-refractivity contribution is 0.332. The Morgan fingerprint density at radius 3 is 1.57 bits per heavy atom. The number of aromatic nitrogens is 4. The molecule has 1 aliphatic carbocycles. The third-order valence-corrected chi connectivity index (χ3v) is 10.7. The highest BCUT2D eigenvalue weighted by atomic mass is 15.0. The van der Waals surface area contributed by atoms with Gasteiger partial charge in [0.2, 0.25) is 0 Å². The minimum Gasteiger partial charge on any atom is -0.309 e. The topological polar surface area (TPSA) is 43.6 Å². The molecule has 0 fully saturated rings. The highest BCUT2D eigenvalue weighted by Gasteiger charge is 2.38. The Hall–Kier alpha value is -5.61. The van der Waals surface area contributed by atoms with E-state index in [1.165, 1.54) is 56.5 Å². The van der Waals surface area contributed by atoms with Gasteiger partial charge in [-0.25, -0.2) is 15.0 Å². The van der Waals surface area contributed by atoms with Crippen LogP contribution in [0.2, 0.25) is 0 Å². The van der Waals surface area contributed by atoms with Crippen LogP contribution in [0.15, 0.2) is 133 Å². The molecule has 0 spiro atoms. The van der Waals surface area contributed by atoms with Gasteiger partial charge >= 0.3 is 0 Å². The molecular weight excluding hydrogens is 597 g/mol. The van der Waals surface area contributed by atoms with Crippen LogP contribution in [0, 0.1) is 0 Å². The quantitative estimate of drug-likeness (QED) is 0.193. The Kier molecular flexibility index (Phi) is 6.61. The summed E-state index contributed by atoms with van der Waals surface area (Å²) in [5, 5.41) is 5.19. The fourth-order valence-corrected chi connectivity index (χ4v) is 7.82. The normalized spacial score (nSPS) is 15.1. The summed E-state index contributed by atoms with van der Waals surface area (Å²) < 4.78 is 2.46. The summed E-state index contributed by atoms with van der Waals surface area (Å²) in [4.78, 5) is 14.8. The third-order valence-electron chi connectivity index (χ3n) is 10.7. The molecule has 8 aromatic rings. The summed E-state index contributed by atoms with van der Waals surface area (Å²) >= 11 is 0. The monoisotopic (exact) mass is 634 g/mol. The third kappa shape index (κ3) is 4.85. The van der Waals surface area contributed by atoms with Crippen molar-refractivity contribution in [2.45, 2.75) is 51.4 Å². The molecule has 1 aliphatic rings. The van der Waals surface area contributed by atoms with E-state index in [1.54, 1.807) is 0 Å². The molecule has 0 radical (unpaired) electrons. The standard InChI is InChI=1S/C45H38N4/c1-44(2)25-26-45(3,4)37-28-39-35(27-36(37)44)40-34-18-12-11-13-29(34)21-24-38(40)49(39)33-22-19-32(20-23-33)43-47-41(30-14-7-5-8-15-30)46-42(48-43)31-16-9-6-10-17-31/h5-24,27-28H,25-26H2,1-4H3. The molecular formula is C45H38N4. The van der Waals surface area contributed by atoms with Crippen molar-refractivity contribution >= 4 is 32.6 Å². The zero-order valence-corrected chi connectivity index (χ0v) is 28.4. The van der Waals surface area contributed by atoms with E-state index < -0.39 is 0 Å². The molecule has 6 aromatic carbocycles. The van der Waals surface area contributed by atoms with Gasteiger partial charge in [-0.1, -0.05) is 119 Å². The van der Waals surface area contributed by atoms with Crippen LogP contribution in [0.4, 0.5) is 0 Å². The fraction of sp³-hybridized carbons (Fsp3) is 0.178. The molecule has 0 atom stereocenters. The summed E-state index contributed by atoms with van der Waals surface area (Å²) in [6, 6.07) is 47.4. The predicted octanol–water partition coefficient (Wildman–Crippen LogP) is 11.5. The minimum absolute atomic E-state index is 0.109. The largest absolute Gasteiger partial charge is 0.309 e. The second-order valence-corrected chi connectivity index (χ2v) is 14.8. The van der Waals surface area contributed by atoms with Crippen molar-refractivity contribution in [1.82, 2.24) is 19.5 Å². The van der Waals surface area contributed by atoms with Crippen LogP contribution >= 0.6 is 0 Å². The molecule has 2 heterocycles. The van der Waals surface area contributed by atoms with Gasteiger partial charge in [0.15, 0.2) is 17.5 Å². The lowest BCUT2D eigenvalue weighted by Gasteiger charge is -2.42. The lowest BCUT2D eigenvalue weighted by Crippen LogP contribution is -2.33. The van der Waals surface area contributed by atoms with E-state index in [-0.39, 0.29) is 10.8 Å². The first-order chi connectivity index (χ1) is 23.8. The van der Waals surface area contributed by atoms with Crippen molar-refractivity contribution < 1.29 is 0 Å². The highest BCUT2D eigenvalue weighted by Crippen LogP contribution is 2.49. The molecule has 4 heteroatoms. The molecule has 238 valence electrons. The van der Waals surface area contributed by atoms with Gasteiger partial charge < -0.3 is 4.57 Å². The van der Waals surface area contributed by atoms with Crippen LogP contribution in [-0.2, 0) is 10.8 Å². The summed E-state index contributed by atoms with van der Waals surface area (Å²) in [6.45, 7) is 9.64. The maximum Gasteiger partial charge on any atom is 0.164 e. The number of fused-ring (bicyclic) bond motifs is 6. The molecule has 4 nitrogen and oxygen atoms in total. The molecule has 49 heavy (non-hydrogen) atoms. The number of nitrogens with zero attached hydrogens (tertiary/aromatic N) is 4. The molecule has 0 aliphatic heterocycles. The van der Waals surface area contributed by atoms with E-state index in [2.05, 4.69) is 105 Å². The maximum absolute atomic E-state index is 4.97. The average molecular weight is 635 g/mol. The first kappa shape index (κ1) is 29.5. The second kappa shape index (κ2) is 11.0. The summed E-state index contributed by atoms with van der Waals surface area (Å²) in [5.41, 5.74) is 9.65. The van der Waals surface area contributed by atoms with Crippen molar-refractivity contribution in [3.05, 3.63) is 145 Å². The Balaban J connectivity index is 1.25. The first-order valence-electron chi connectivity index (χ1n) is 17.3. The minimum atomic E-state index is 0.109. The molecule has 0 saturated heterocycles. The maximum atomic E-state index is 4.97. The van der Waals surface area contributed by atoms with Gasteiger partial charge in [-0.2, -0.15) is 0 Å². The first-order valence-corrected chi connectivity index (χ1v) is 17.3. The Morgan fingerprint density at radius 2 is 0.980 bits per heavy atom. The zero-order valence-electron chi connectivity index (χ0n) is 28.4. The van der Waals surface area contributed by atoms with Crippen molar-refractivity contribution in [1.29, 1.82) is 0 Å². The van der Waals surface area contributed by atoms with Gasteiger partial charge in [0.25, 0.3) is 0 Å². The van der Waals surface area contributed by atoms with E-state index in [9.17, 15) is 0 Å². The van der Waals surface area contributed by atoms with Crippen molar-refractivity contribution in [3.8, 4) is 39.9 Å². The van der Waals surface area contributed by atoms with E-state index in [1.807, 2.05) is 60.7 Å². The molecule has 2 aromatic heterocycles. The Labute approximate surface area is 287 Å². The fourth-order valence-electron chi connectivity index (χ4n) is 7.82. The summed E-state index contributed by atoms with van der Waals surface area (Å²) in [6.07, 6.45) is 2.37. The predicted molar refractivity (Wildman–Crippen MR) is 203 cm³/mol. The molecule has 0 amide bonds.